The van der Waals surface area contributed by atoms with E-state index in [0.29, 0.717) is 34.9 Å². The number of nitrogens with one attached hydrogen (secondary N) is 3. The van der Waals surface area contributed by atoms with Crippen molar-refractivity contribution in [3.63, 3.8) is 0 Å². The van der Waals surface area contributed by atoms with Crippen molar-refractivity contribution in [1.82, 2.24) is 5.43 Å². The Balaban J connectivity index is 0.000000782. The van der Waals surface area contributed by atoms with Crippen molar-refractivity contribution in [3.8, 4) is 11.5 Å². The Labute approximate surface area is 240 Å². The summed E-state index contributed by atoms with van der Waals surface area (Å²) >= 11 is 0. The van der Waals surface area contributed by atoms with Gasteiger partial charge in [-0.2, -0.15) is 18.3 Å². The number of hydrogen-bond acceptors (Lipinski definition) is 7. The Morgan fingerprint density at radius 2 is 1.67 bits per heavy atom. The predicted octanol–water partition coefficient (Wildman–Crippen LogP) is 5.09. The van der Waals surface area contributed by atoms with E-state index >= 15 is 0 Å². The molecule has 0 saturated heterocycles. The van der Waals surface area contributed by atoms with Gasteiger partial charge in [0, 0.05) is 11.3 Å². The first-order valence-electron chi connectivity index (χ1n) is 12.6. The molecule has 1 atom stereocenters. The molecular weight excluding hydrogens is 555 g/mol. The molecule has 0 aliphatic rings. The minimum Gasteiger partial charge on any atom is -0.490 e. The highest BCUT2D eigenvalue weighted by atomic mass is 19.4. The molecule has 1 unspecified atom stereocenters. The molecule has 224 valence electrons. The number of nitrogen functional groups attached to an aromatic ring is 1. The predicted molar refractivity (Wildman–Crippen MR) is 153 cm³/mol. The number of carboxylic acid groups (broad SMARTS) is 1. The average molecular weight is 588 g/mol. The van der Waals surface area contributed by atoms with Crippen molar-refractivity contribution in [3.05, 3.63) is 89.5 Å². The summed E-state index contributed by atoms with van der Waals surface area (Å²) in [6, 6.07) is 21.1. The molecule has 0 radical (unpaired) electrons. The summed E-state index contributed by atoms with van der Waals surface area (Å²) < 4.78 is 43.4. The highest BCUT2D eigenvalue weighted by Gasteiger charge is 2.38. The van der Waals surface area contributed by atoms with Crippen LogP contribution in [0.1, 0.15) is 43.5 Å². The maximum atomic E-state index is 13.2. The van der Waals surface area contributed by atoms with Crippen LogP contribution in [0.15, 0.2) is 77.9 Å². The Morgan fingerprint density at radius 3 is 2.19 bits per heavy atom. The number of rotatable bonds is 11. The quantitative estimate of drug-likeness (QED) is 0.119. The fourth-order valence-corrected chi connectivity index (χ4v) is 3.31. The van der Waals surface area contributed by atoms with E-state index in [4.69, 9.17) is 30.5 Å². The number of amides is 1. The fourth-order valence-electron chi connectivity index (χ4n) is 3.31. The SMILES string of the molecule is CCOc1cc(C(Nc2ccc(C(=N)N)cc2)C(=O)NN=Cc2ccccc2)ccc1OC(C)C.O=C(O)C(F)(F)F. The van der Waals surface area contributed by atoms with Crippen molar-refractivity contribution in [1.29, 1.82) is 5.41 Å². The number of anilines is 1. The Bertz CT molecular complexity index is 1360. The van der Waals surface area contributed by atoms with Crippen LogP contribution in [0.5, 0.6) is 11.5 Å². The van der Waals surface area contributed by atoms with Crippen LogP contribution in [0.25, 0.3) is 0 Å². The van der Waals surface area contributed by atoms with Gasteiger partial charge in [-0.25, -0.2) is 10.2 Å². The molecule has 1 amide bonds. The van der Waals surface area contributed by atoms with Gasteiger partial charge in [-0.05, 0) is 68.3 Å². The van der Waals surface area contributed by atoms with Crippen LogP contribution in [0, 0.1) is 5.41 Å². The summed E-state index contributed by atoms with van der Waals surface area (Å²) in [5.41, 5.74) is 11.0. The molecule has 13 heteroatoms. The Kier molecular flexibility index (Phi) is 12.3. The lowest BCUT2D eigenvalue weighted by atomic mass is 10.0. The number of benzene rings is 3. The van der Waals surface area contributed by atoms with E-state index in [-0.39, 0.29) is 17.8 Å². The number of carboxylic acids is 1. The van der Waals surface area contributed by atoms with Crippen LogP contribution in [-0.4, -0.2) is 47.9 Å². The molecule has 0 spiro atoms. The average Bonchev–Trinajstić information content (AvgIpc) is 2.93. The molecular formula is C29H32F3N5O5. The van der Waals surface area contributed by atoms with Gasteiger partial charge in [-0.15, -0.1) is 0 Å². The largest absolute Gasteiger partial charge is 0.490 e. The van der Waals surface area contributed by atoms with E-state index in [2.05, 4.69) is 15.8 Å². The number of hydrogen-bond donors (Lipinski definition) is 5. The molecule has 0 saturated carbocycles. The van der Waals surface area contributed by atoms with Gasteiger partial charge in [0.1, 0.15) is 11.9 Å². The molecule has 3 aromatic carbocycles. The molecule has 6 N–H and O–H groups in total. The van der Waals surface area contributed by atoms with E-state index in [9.17, 15) is 18.0 Å². The van der Waals surface area contributed by atoms with Gasteiger partial charge in [-0.1, -0.05) is 36.4 Å². The first kappa shape index (κ1) is 33.1. The van der Waals surface area contributed by atoms with Crippen LogP contribution in [-0.2, 0) is 9.59 Å². The number of carbonyl (C=O) groups is 2. The number of halogens is 3. The number of ether oxygens (including phenoxy) is 2. The lowest BCUT2D eigenvalue weighted by Gasteiger charge is -2.21. The molecule has 3 rings (SSSR count). The Hall–Kier alpha value is -5.07. The molecule has 0 bridgehead atoms. The van der Waals surface area contributed by atoms with E-state index < -0.39 is 18.2 Å². The van der Waals surface area contributed by atoms with Gasteiger partial charge >= 0.3 is 12.1 Å². The number of amidine groups is 1. The van der Waals surface area contributed by atoms with Gasteiger partial charge in [0.05, 0.1) is 18.9 Å². The van der Waals surface area contributed by atoms with Crippen molar-refractivity contribution in [2.24, 2.45) is 10.8 Å². The van der Waals surface area contributed by atoms with Crippen LogP contribution in [0.3, 0.4) is 0 Å². The topological polar surface area (TPSA) is 159 Å². The maximum absolute atomic E-state index is 13.2. The molecule has 0 fully saturated rings. The second kappa shape index (κ2) is 15.6. The molecule has 0 aliphatic carbocycles. The van der Waals surface area contributed by atoms with Gasteiger partial charge in [0.15, 0.2) is 11.5 Å². The van der Waals surface area contributed by atoms with E-state index in [1.165, 1.54) is 0 Å². The van der Waals surface area contributed by atoms with E-state index in [1.54, 1.807) is 42.6 Å². The summed E-state index contributed by atoms with van der Waals surface area (Å²) in [6.07, 6.45) is -3.52. The zero-order valence-corrected chi connectivity index (χ0v) is 23.1. The summed E-state index contributed by atoms with van der Waals surface area (Å²) in [5.74, 6) is -1.97. The van der Waals surface area contributed by atoms with Crippen molar-refractivity contribution >= 4 is 29.6 Å². The monoisotopic (exact) mass is 587 g/mol. The van der Waals surface area contributed by atoms with Crippen LogP contribution in [0.2, 0.25) is 0 Å². The maximum Gasteiger partial charge on any atom is 0.490 e. The van der Waals surface area contributed by atoms with Gasteiger partial charge in [0.2, 0.25) is 0 Å². The second-order valence-electron chi connectivity index (χ2n) is 8.82. The third kappa shape index (κ3) is 10.8. The summed E-state index contributed by atoms with van der Waals surface area (Å²) in [7, 11) is 0. The number of nitrogens with two attached hydrogens (primary N) is 1. The summed E-state index contributed by atoms with van der Waals surface area (Å²) in [6.45, 7) is 6.23. The number of aliphatic carboxylic acids is 1. The Morgan fingerprint density at radius 1 is 1.05 bits per heavy atom. The molecule has 0 heterocycles. The molecule has 0 aliphatic heterocycles. The highest BCUT2D eigenvalue weighted by Crippen LogP contribution is 2.33. The standard InChI is InChI=1S/C27H31N5O3.C2HF3O2/c1-4-34-24-16-21(12-15-23(24)35-18(2)3)25(31-22-13-10-20(11-14-22)26(28)29)27(33)32-30-17-19-8-6-5-7-9-19;3-2(4,5)1(6)7/h5-18,25,31H,4H2,1-3H3,(H3,28,29)(H,32,33);(H,6,7). The van der Waals surface area contributed by atoms with Crippen molar-refractivity contribution in [2.45, 2.75) is 39.1 Å². The van der Waals surface area contributed by atoms with Crippen LogP contribution >= 0.6 is 0 Å². The second-order valence-corrected chi connectivity index (χ2v) is 8.82. The number of carbonyl (C=O) groups excluding carboxylic acids is 1. The summed E-state index contributed by atoms with van der Waals surface area (Å²) in [5, 5.41) is 22.1. The zero-order chi connectivity index (χ0) is 31.3. The third-order valence-electron chi connectivity index (χ3n) is 5.16. The molecule has 0 aromatic heterocycles. The van der Waals surface area contributed by atoms with Crippen LogP contribution < -0.4 is 25.9 Å². The van der Waals surface area contributed by atoms with E-state index in [0.717, 1.165) is 5.56 Å². The zero-order valence-electron chi connectivity index (χ0n) is 23.1. The number of hydrazone groups is 1. The van der Waals surface area contributed by atoms with E-state index in [1.807, 2.05) is 57.2 Å². The van der Waals surface area contributed by atoms with Crippen LogP contribution in [0.4, 0.5) is 18.9 Å². The van der Waals surface area contributed by atoms with Gasteiger partial charge in [-0.3, -0.25) is 10.2 Å². The van der Waals surface area contributed by atoms with Crippen molar-refractivity contribution in [2.75, 3.05) is 11.9 Å². The molecule has 10 nitrogen and oxygen atoms in total. The smallest absolute Gasteiger partial charge is 0.490 e. The molecule has 42 heavy (non-hydrogen) atoms. The molecule has 3 aromatic rings. The first-order chi connectivity index (χ1) is 19.8. The minimum atomic E-state index is -5.08. The van der Waals surface area contributed by atoms with Gasteiger partial charge < -0.3 is 25.6 Å². The highest BCUT2D eigenvalue weighted by molar-refractivity contribution is 5.95. The number of nitrogens with zero attached hydrogens (tertiary/aromatic N) is 1. The minimum absolute atomic E-state index is 0.0237. The first-order valence-corrected chi connectivity index (χ1v) is 12.6. The van der Waals surface area contributed by atoms with Gasteiger partial charge in [0.25, 0.3) is 5.91 Å². The third-order valence-corrected chi connectivity index (χ3v) is 5.16. The summed E-state index contributed by atoms with van der Waals surface area (Å²) in [4.78, 5) is 22.1. The normalized spacial score (nSPS) is 11.7. The van der Waals surface area contributed by atoms with Crippen molar-refractivity contribution < 1.29 is 37.3 Å². The lowest BCUT2D eigenvalue weighted by molar-refractivity contribution is -0.192. The lowest BCUT2D eigenvalue weighted by Crippen LogP contribution is -2.30. The number of alkyl halides is 3. The fraction of sp³-hybridized carbons (Fsp3) is 0.241.